The molecule has 0 unspecified atom stereocenters. The standard InChI is InChI=1S/C19H21Cl2N3O3S/c1-26-27-28-22-15-6-4-14(5-7-15)3-2-10-23-11-12-24(19(23)25)16-8-9-17(20)18(21)13-16/h4-9,13,22H,2-3,10-12H2,1H3. The Morgan fingerprint density at radius 2 is 1.89 bits per heavy atom. The summed E-state index contributed by atoms with van der Waals surface area (Å²) in [7, 11) is 1.45. The lowest BCUT2D eigenvalue weighted by molar-refractivity contribution is -0.159. The molecule has 28 heavy (non-hydrogen) atoms. The van der Waals surface area contributed by atoms with Crippen molar-refractivity contribution in [2.75, 3.05) is 36.4 Å². The average molecular weight is 442 g/mol. The van der Waals surface area contributed by atoms with E-state index in [-0.39, 0.29) is 6.03 Å². The summed E-state index contributed by atoms with van der Waals surface area (Å²) in [4.78, 5) is 20.8. The Kier molecular flexibility index (Phi) is 7.70. The van der Waals surface area contributed by atoms with E-state index in [2.05, 4.69) is 21.7 Å². The minimum absolute atomic E-state index is 0.00750. The highest BCUT2D eigenvalue weighted by molar-refractivity contribution is 7.95. The number of hydrogen-bond acceptors (Lipinski definition) is 5. The summed E-state index contributed by atoms with van der Waals surface area (Å²) < 4.78 is 7.70. The van der Waals surface area contributed by atoms with Crippen molar-refractivity contribution in [3.8, 4) is 0 Å². The number of rotatable bonds is 9. The van der Waals surface area contributed by atoms with E-state index in [9.17, 15) is 4.79 Å². The van der Waals surface area contributed by atoms with Crippen molar-refractivity contribution in [2.45, 2.75) is 12.8 Å². The average Bonchev–Trinajstić information content (AvgIpc) is 3.06. The third-order valence-corrected chi connectivity index (χ3v) is 5.68. The molecule has 1 N–H and O–H groups in total. The van der Waals surface area contributed by atoms with Crippen molar-refractivity contribution in [3.63, 3.8) is 0 Å². The predicted molar refractivity (Wildman–Crippen MR) is 115 cm³/mol. The first-order chi connectivity index (χ1) is 13.6. The molecule has 2 aromatic rings. The fourth-order valence-electron chi connectivity index (χ4n) is 3.00. The number of hydrogen-bond donors (Lipinski definition) is 1. The van der Waals surface area contributed by atoms with E-state index in [0.717, 1.165) is 36.4 Å². The fraction of sp³-hybridized carbons (Fsp3) is 0.316. The zero-order valence-electron chi connectivity index (χ0n) is 15.4. The lowest BCUT2D eigenvalue weighted by atomic mass is 10.1. The monoisotopic (exact) mass is 441 g/mol. The second-order valence-corrected chi connectivity index (χ2v) is 7.56. The van der Waals surface area contributed by atoms with E-state index in [4.69, 9.17) is 27.5 Å². The number of carbonyl (C=O) groups is 1. The minimum atomic E-state index is 0.00750. The number of anilines is 2. The fourth-order valence-corrected chi connectivity index (χ4v) is 3.62. The highest BCUT2D eigenvalue weighted by Gasteiger charge is 2.29. The number of amides is 2. The SMILES string of the molecule is COOSNc1ccc(CCCN2CCN(c3ccc(Cl)c(Cl)c3)C2=O)cc1. The molecule has 0 bridgehead atoms. The number of nitrogens with one attached hydrogen (secondary N) is 1. The zero-order valence-corrected chi connectivity index (χ0v) is 17.7. The first kappa shape index (κ1) is 21.1. The summed E-state index contributed by atoms with van der Waals surface area (Å²) >= 11 is 13.0. The molecule has 0 aromatic heterocycles. The van der Waals surface area contributed by atoms with Gasteiger partial charge in [0, 0.05) is 31.0 Å². The highest BCUT2D eigenvalue weighted by atomic mass is 35.5. The van der Waals surface area contributed by atoms with Gasteiger partial charge in [-0.2, -0.15) is 0 Å². The van der Waals surface area contributed by atoms with Crippen molar-refractivity contribution in [1.82, 2.24) is 4.90 Å². The number of halogens is 2. The molecule has 6 nitrogen and oxygen atoms in total. The molecule has 0 saturated carbocycles. The molecule has 2 aromatic carbocycles. The topological polar surface area (TPSA) is 54.0 Å². The molecule has 150 valence electrons. The minimum Gasteiger partial charge on any atom is -0.323 e. The lowest BCUT2D eigenvalue weighted by Gasteiger charge is -2.19. The van der Waals surface area contributed by atoms with Crippen LogP contribution in [0.1, 0.15) is 12.0 Å². The Balaban J connectivity index is 1.46. The second kappa shape index (κ2) is 10.2. The number of nitrogens with zero attached hydrogens (tertiary/aromatic N) is 2. The van der Waals surface area contributed by atoms with E-state index in [0.29, 0.717) is 29.7 Å². The zero-order chi connectivity index (χ0) is 19.9. The Hall–Kier alpha value is -1.64. The number of urea groups is 1. The van der Waals surface area contributed by atoms with Crippen LogP contribution in [0.2, 0.25) is 10.0 Å². The van der Waals surface area contributed by atoms with E-state index in [1.807, 2.05) is 23.1 Å². The normalized spacial score (nSPS) is 14.0. The number of benzene rings is 2. The molecule has 9 heteroatoms. The molecular weight excluding hydrogens is 421 g/mol. The summed E-state index contributed by atoms with van der Waals surface area (Å²) in [5.41, 5.74) is 2.93. The van der Waals surface area contributed by atoms with Gasteiger partial charge >= 0.3 is 6.03 Å². The van der Waals surface area contributed by atoms with E-state index in [1.54, 1.807) is 17.0 Å². The van der Waals surface area contributed by atoms with Crippen LogP contribution >= 0.6 is 35.4 Å². The van der Waals surface area contributed by atoms with Gasteiger partial charge in [0.15, 0.2) is 0 Å². The van der Waals surface area contributed by atoms with Crippen molar-refractivity contribution >= 4 is 52.8 Å². The van der Waals surface area contributed by atoms with Gasteiger partial charge in [0.05, 0.1) is 17.2 Å². The van der Waals surface area contributed by atoms with Crippen molar-refractivity contribution < 1.29 is 14.0 Å². The molecule has 1 heterocycles. The van der Waals surface area contributed by atoms with Crippen LogP contribution in [0.5, 0.6) is 0 Å². The van der Waals surface area contributed by atoms with E-state index < -0.39 is 0 Å². The predicted octanol–water partition coefficient (Wildman–Crippen LogP) is 5.42. The molecular formula is C19H21Cl2N3O3S. The van der Waals surface area contributed by atoms with Gasteiger partial charge in [-0.1, -0.05) is 35.3 Å². The van der Waals surface area contributed by atoms with Crippen LogP contribution in [0.15, 0.2) is 42.5 Å². The first-order valence-electron chi connectivity index (χ1n) is 8.81. The molecule has 0 spiro atoms. The highest BCUT2D eigenvalue weighted by Crippen LogP contribution is 2.29. The Morgan fingerprint density at radius 3 is 2.61 bits per heavy atom. The Bertz CT molecular complexity index is 808. The van der Waals surface area contributed by atoms with E-state index >= 15 is 0 Å². The van der Waals surface area contributed by atoms with Crippen LogP contribution in [-0.2, 0) is 15.6 Å². The van der Waals surface area contributed by atoms with Gasteiger partial charge in [0.2, 0.25) is 0 Å². The molecule has 1 aliphatic rings. The molecule has 1 saturated heterocycles. The maximum absolute atomic E-state index is 12.7. The first-order valence-corrected chi connectivity index (χ1v) is 10.3. The molecule has 0 atom stereocenters. The molecule has 0 radical (unpaired) electrons. The largest absolute Gasteiger partial charge is 0.324 e. The van der Waals surface area contributed by atoms with Crippen LogP contribution in [0.4, 0.5) is 16.2 Å². The van der Waals surface area contributed by atoms with Gasteiger partial charge in [-0.3, -0.25) is 4.90 Å². The van der Waals surface area contributed by atoms with Gasteiger partial charge in [0.25, 0.3) is 0 Å². The van der Waals surface area contributed by atoms with Crippen LogP contribution in [0.25, 0.3) is 0 Å². The molecule has 2 amide bonds. The molecule has 0 aliphatic carbocycles. The quantitative estimate of drug-likeness (QED) is 0.185. The number of aryl methyl sites for hydroxylation is 1. The second-order valence-electron chi connectivity index (χ2n) is 6.24. The molecule has 3 rings (SSSR count). The van der Waals surface area contributed by atoms with Gasteiger partial charge in [-0.25, -0.2) is 9.68 Å². The van der Waals surface area contributed by atoms with Gasteiger partial charge in [-0.15, -0.1) is 4.33 Å². The van der Waals surface area contributed by atoms with Crippen molar-refractivity contribution in [2.24, 2.45) is 0 Å². The van der Waals surface area contributed by atoms with E-state index in [1.165, 1.54) is 12.7 Å². The van der Waals surface area contributed by atoms with Crippen LogP contribution in [-0.4, -0.2) is 37.7 Å². The summed E-state index contributed by atoms with van der Waals surface area (Å²) in [6.07, 6.45) is 1.80. The third kappa shape index (κ3) is 5.46. The van der Waals surface area contributed by atoms with Crippen molar-refractivity contribution in [3.05, 3.63) is 58.1 Å². The van der Waals surface area contributed by atoms with Gasteiger partial charge in [-0.05, 0) is 48.7 Å². The Labute approximate surface area is 178 Å². The van der Waals surface area contributed by atoms with Crippen LogP contribution < -0.4 is 9.62 Å². The Morgan fingerprint density at radius 1 is 1.11 bits per heavy atom. The summed E-state index contributed by atoms with van der Waals surface area (Å²) in [6, 6.07) is 13.4. The maximum Gasteiger partial charge on any atom is 0.324 e. The molecule has 1 fully saturated rings. The third-order valence-electron chi connectivity index (χ3n) is 4.42. The molecule has 1 aliphatic heterocycles. The van der Waals surface area contributed by atoms with Gasteiger partial charge in [0.1, 0.15) is 12.2 Å². The number of carbonyl (C=O) groups excluding carboxylic acids is 1. The maximum atomic E-state index is 12.7. The van der Waals surface area contributed by atoms with Gasteiger partial charge < -0.3 is 9.62 Å². The van der Waals surface area contributed by atoms with Crippen molar-refractivity contribution in [1.29, 1.82) is 0 Å². The summed E-state index contributed by atoms with van der Waals surface area (Å²) in [6.45, 7) is 2.07. The van der Waals surface area contributed by atoms with Crippen LogP contribution in [0, 0.1) is 0 Å². The summed E-state index contributed by atoms with van der Waals surface area (Å²) in [5, 5.41) is 0.940. The summed E-state index contributed by atoms with van der Waals surface area (Å²) in [5.74, 6) is 0. The van der Waals surface area contributed by atoms with Crippen LogP contribution in [0.3, 0.4) is 0 Å². The smallest absolute Gasteiger partial charge is 0.323 e. The lowest BCUT2D eigenvalue weighted by Crippen LogP contribution is -2.32.